The van der Waals surface area contributed by atoms with Gasteiger partial charge in [-0.05, 0) is 39.1 Å². The van der Waals surface area contributed by atoms with Gasteiger partial charge in [0.2, 0.25) is 0 Å². The van der Waals surface area contributed by atoms with Crippen LogP contribution in [0.15, 0.2) is 24.3 Å². The molecule has 1 rings (SSSR count). The van der Waals surface area contributed by atoms with Crippen LogP contribution in [0.1, 0.15) is 19.4 Å². The zero-order chi connectivity index (χ0) is 13.1. The first kappa shape index (κ1) is 13.8. The zero-order valence-electron chi connectivity index (χ0n) is 10.2. The number of likely N-dealkylation sites (N-methyl/N-ethyl adjacent to an activating group) is 1. The molecule has 5 heteroatoms. The van der Waals surface area contributed by atoms with Crippen molar-refractivity contribution in [3.8, 4) is 0 Å². The summed E-state index contributed by atoms with van der Waals surface area (Å²) < 4.78 is 37.5. The quantitative estimate of drug-likeness (QED) is 0.853. The van der Waals surface area contributed by atoms with Gasteiger partial charge >= 0.3 is 6.18 Å². The lowest BCUT2D eigenvalue weighted by Crippen LogP contribution is -2.40. The van der Waals surface area contributed by atoms with E-state index in [1.165, 1.54) is 6.07 Å². The number of hydrogen-bond acceptors (Lipinski definition) is 2. The summed E-state index contributed by atoms with van der Waals surface area (Å²) in [5, 5.41) is 6.06. The van der Waals surface area contributed by atoms with Crippen LogP contribution in [0.3, 0.4) is 0 Å². The molecule has 0 fully saturated rings. The lowest BCUT2D eigenvalue weighted by atomic mass is 10.0. The SMILES string of the molecule is CNCC(C)(C)Nc1cccc(C(F)(F)F)c1. The second kappa shape index (κ2) is 4.96. The zero-order valence-corrected chi connectivity index (χ0v) is 10.2. The van der Waals surface area contributed by atoms with Crippen molar-refractivity contribution in [2.75, 3.05) is 18.9 Å². The van der Waals surface area contributed by atoms with E-state index in [0.29, 0.717) is 12.2 Å². The Morgan fingerprint density at radius 1 is 1.18 bits per heavy atom. The minimum absolute atomic E-state index is 0.307. The fourth-order valence-electron chi connectivity index (χ4n) is 1.65. The third-order valence-electron chi connectivity index (χ3n) is 2.29. The fraction of sp³-hybridized carbons (Fsp3) is 0.500. The molecule has 2 nitrogen and oxygen atoms in total. The number of hydrogen-bond donors (Lipinski definition) is 2. The Balaban J connectivity index is 2.86. The Bertz CT molecular complexity index is 372. The molecule has 1 aromatic rings. The molecule has 17 heavy (non-hydrogen) atoms. The topological polar surface area (TPSA) is 24.1 Å². The molecule has 0 aromatic heterocycles. The first-order valence-electron chi connectivity index (χ1n) is 5.35. The van der Waals surface area contributed by atoms with Gasteiger partial charge in [-0.25, -0.2) is 0 Å². The van der Waals surface area contributed by atoms with Crippen LogP contribution in [0.2, 0.25) is 0 Å². The largest absolute Gasteiger partial charge is 0.416 e. The van der Waals surface area contributed by atoms with Crippen LogP contribution in [0.5, 0.6) is 0 Å². The van der Waals surface area contributed by atoms with Gasteiger partial charge in [0.05, 0.1) is 5.56 Å². The summed E-state index contributed by atoms with van der Waals surface area (Å²) in [5.41, 5.74) is -0.471. The Morgan fingerprint density at radius 2 is 1.82 bits per heavy atom. The van der Waals surface area contributed by atoms with Crippen LogP contribution in [0, 0.1) is 0 Å². The molecule has 0 amide bonds. The van der Waals surface area contributed by atoms with Crippen LogP contribution in [-0.4, -0.2) is 19.1 Å². The molecule has 0 unspecified atom stereocenters. The van der Waals surface area contributed by atoms with E-state index in [9.17, 15) is 13.2 Å². The van der Waals surface area contributed by atoms with E-state index in [1.807, 2.05) is 13.8 Å². The lowest BCUT2D eigenvalue weighted by Gasteiger charge is -2.27. The Labute approximate surface area is 99.2 Å². The molecule has 0 spiro atoms. The number of nitrogens with one attached hydrogen (secondary N) is 2. The van der Waals surface area contributed by atoms with Crippen molar-refractivity contribution in [2.24, 2.45) is 0 Å². The summed E-state index contributed by atoms with van der Waals surface area (Å²) in [6.45, 7) is 4.50. The van der Waals surface area contributed by atoms with E-state index in [4.69, 9.17) is 0 Å². The molecular formula is C12H17F3N2. The molecule has 0 radical (unpaired) electrons. The molecule has 96 valence electrons. The summed E-state index contributed by atoms with van der Waals surface area (Å²) in [7, 11) is 1.80. The lowest BCUT2D eigenvalue weighted by molar-refractivity contribution is -0.137. The highest BCUT2D eigenvalue weighted by atomic mass is 19.4. The van der Waals surface area contributed by atoms with Gasteiger partial charge in [0.25, 0.3) is 0 Å². The van der Waals surface area contributed by atoms with E-state index < -0.39 is 11.7 Å². The minimum atomic E-state index is -4.30. The van der Waals surface area contributed by atoms with Gasteiger partial charge in [0.1, 0.15) is 0 Å². The van der Waals surface area contributed by atoms with E-state index in [1.54, 1.807) is 13.1 Å². The highest BCUT2D eigenvalue weighted by Crippen LogP contribution is 2.31. The third-order valence-corrected chi connectivity index (χ3v) is 2.29. The average molecular weight is 246 g/mol. The molecule has 0 saturated carbocycles. The molecule has 0 bridgehead atoms. The normalized spacial score (nSPS) is 12.6. The number of alkyl halides is 3. The van der Waals surface area contributed by atoms with Crippen LogP contribution in [0.4, 0.5) is 18.9 Å². The van der Waals surface area contributed by atoms with Crippen molar-refractivity contribution in [1.29, 1.82) is 0 Å². The highest BCUT2D eigenvalue weighted by molar-refractivity contribution is 5.48. The molecule has 0 aliphatic rings. The molecule has 0 heterocycles. The molecule has 0 atom stereocenters. The van der Waals surface area contributed by atoms with Gasteiger partial charge in [-0.15, -0.1) is 0 Å². The van der Waals surface area contributed by atoms with E-state index >= 15 is 0 Å². The summed E-state index contributed by atoms with van der Waals surface area (Å²) in [6.07, 6.45) is -4.30. The molecule has 0 saturated heterocycles. The van der Waals surface area contributed by atoms with Gasteiger partial charge in [-0.2, -0.15) is 13.2 Å². The maximum Gasteiger partial charge on any atom is 0.416 e. The van der Waals surface area contributed by atoms with Gasteiger partial charge in [-0.1, -0.05) is 6.07 Å². The van der Waals surface area contributed by atoms with Crippen LogP contribution >= 0.6 is 0 Å². The predicted molar refractivity (Wildman–Crippen MR) is 63.1 cm³/mol. The Kier molecular flexibility index (Phi) is 4.03. The number of benzene rings is 1. The highest BCUT2D eigenvalue weighted by Gasteiger charge is 2.30. The maximum absolute atomic E-state index is 12.5. The molecule has 0 aliphatic heterocycles. The second-order valence-corrected chi connectivity index (χ2v) is 4.62. The minimum Gasteiger partial charge on any atom is -0.379 e. The van der Waals surface area contributed by atoms with Crippen molar-refractivity contribution in [1.82, 2.24) is 5.32 Å². The number of halogens is 3. The summed E-state index contributed by atoms with van der Waals surface area (Å²) in [5.74, 6) is 0. The van der Waals surface area contributed by atoms with Crippen molar-refractivity contribution in [2.45, 2.75) is 25.6 Å². The first-order valence-corrected chi connectivity index (χ1v) is 5.35. The van der Waals surface area contributed by atoms with Gasteiger partial charge < -0.3 is 10.6 Å². The van der Waals surface area contributed by atoms with Crippen molar-refractivity contribution < 1.29 is 13.2 Å². The van der Waals surface area contributed by atoms with Crippen LogP contribution in [0.25, 0.3) is 0 Å². The predicted octanol–water partition coefficient (Wildman–Crippen LogP) is 3.12. The second-order valence-electron chi connectivity index (χ2n) is 4.62. The van der Waals surface area contributed by atoms with Crippen LogP contribution in [-0.2, 0) is 6.18 Å². The molecule has 2 N–H and O–H groups in total. The average Bonchev–Trinajstić information content (AvgIpc) is 2.15. The third kappa shape index (κ3) is 4.26. The van der Waals surface area contributed by atoms with Crippen molar-refractivity contribution in [3.05, 3.63) is 29.8 Å². The van der Waals surface area contributed by atoms with Crippen LogP contribution < -0.4 is 10.6 Å². The molecular weight excluding hydrogens is 229 g/mol. The van der Waals surface area contributed by atoms with Crippen molar-refractivity contribution >= 4 is 5.69 Å². The van der Waals surface area contributed by atoms with Gasteiger partial charge in [0.15, 0.2) is 0 Å². The standard InChI is InChI=1S/C12H17F3N2/c1-11(2,8-16-3)17-10-6-4-5-9(7-10)12(13,14)15/h4-7,16-17H,8H2,1-3H3. The summed E-state index contributed by atoms with van der Waals surface area (Å²) in [4.78, 5) is 0. The number of anilines is 1. The molecule has 0 aliphatic carbocycles. The Morgan fingerprint density at radius 3 is 2.35 bits per heavy atom. The number of rotatable bonds is 4. The van der Waals surface area contributed by atoms with E-state index in [2.05, 4.69) is 10.6 Å². The molecule has 1 aromatic carbocycles. The summed E-state index contributed by atoms with van der Waals surface area (Å²) in [6, 6.07) is 5.22. The maximum atomic E-state index is 12.5. The Hall–Kier alpha value is -1.23. The van der Waals surface area contributed by atoms with E-state index in [-0.39, 0.29) is 5.54 Å². The first-order chi connectivity index (χ1) is 7.74. The van der Waals surface area contributed by atoms with Gasteiger partial charge in [0, 0.05) is 17.8 Å². The fourth-order valence-corrected chi connectivity index (χ4v) is 1.65. The smallest absolute Gasteiger partial charge is 0.379 e. The monoisotopic (exact) mass is 246 g/mol. The van der Waals surface area contributed by atoms with E-state index in [0.717, 1.165) is 12.1 Å². The van der Waals surface area contributed by atoms with Gasteiger partial charge in [-0.3, -0.25) is 0 Å². The van der Waals surface area contributed by atoms with Crippen molar-refractivity contribution in [3.63, 3.8) is 0 Å². The summed E-state index contributed by atoms with van der Waals surface area (Å²) >= 11 is 0.